The fourth-order valence-corrected chi connectivity index (χ4v) is 1.49. The predicted molar refractivity (Wildman–Crippen MR) is 55.3 cm³/mol. The normalized spacial score (nSPS) is 31.1. The van der Waals surface area contributed by atoms with Gasteiger partial charge in [0, 0.05) is 5.56 Å². The standard InChI is InChI=1S/C12H14O3/c1-12(7-13)8-14-11(15-9-12)10-5-3-2-4-6-10/h2-7,11H,8-9H2,1H3. The highest BCUT2D eigenvalue weighted by Crippen LogP contribution is 2.29. The van der Waals surface area contributed by atoms with Gasteiger partial charge in [0.1, 0.15) is 6.29 Å². The molecule has 1 aromatic carbocycles. The van der Waals surface area contributed by atoms with Crippen LogP contribution in [0.15, 0.2) is 30.3 Å². The van der Waals surface area contributed by atoms with Gasteiger partial charge >= 0.3 is 0 Å². The van der Waals surface area contributed by atoms with Gasteiger partial charge in [0.05, 0.1) is 18.6 Å². The third kappa shape index (κ3) is 2.25. The molecule has 1 fully saturated rings. The molecule has 0 aliphatic carbocycles. The van der Waals surface area contributed by atoms with Gasteiger partial charge in [-0.05, 0) is 6.92 Å². The van der Waals surface area contributed by atoms with Crippen molar-refractivity contribution in [2.45, 2.75) is 13.2 Å². The molecule has 0 atom stereocenters. The number of rotatable bonds is 2. The number of aldehydes is 1. The monoisotopic (exact) mass is 206 g/mol. The van der Waals surface area contributed by atoms with Gasteiger partial charge in [0.25, 0.3) is 0 Å². The molecule has 1 aliphatic rings. The molecule has 0 N–H and O–H groups in total. The van der Waals surface area contributed by atoms with Crippen molar-refractivity contribution in [3.63, 3.8) is 0 Å². The average molecular weight is 206 g/mol. The molecule has 15 heavy (non-hydrogen) atoms. The Morgan fingerprint density at radius 3 is 2.40 bits per heavy atom. The smallest absolute Gasteiger partial charge is 0.183 e. The van der Waals surface area contributed by atoms with Crippen LogP contribution in [0.1, 0.15) is 18.8 Å². The van der Waals surface area contributed by atoms with Crippen LogP contribution in [-0.4, -0.2) is 19.5 Å². The van der Waals surface area contributed by atoms with Gasteiger partial charge in [0.15, 0.2) is 6.29 Å². The summed E-state index contributed by atoms with van der Waals surface area (Å²) in [4.78, 5) is 10.8. The lowest BCUT2D eigenvalue weighted by Crippen LogP contribution is -2.37. The van der Waals surface area contributed by atoms with Crippen LogP contribution in [0.2, 0.25) is 0 Å². The zero-order chi connectivity index (χ0) is 10.7. The molecule has 0 radical (unpaired) electrons. The number of carbonyl (C=O) groups excluding carboxylic acids is 1. The molecule has 1 aliphatic heterocycles. The minimum atomic E-state index is -0.495. The van der Waals surface area contributed by atoms with Crippen LogP contribution >= 0.6 is 0 Å². The largest absolute Gasteiger partial charge is 0.347 e. The minimum Gasteiger partial charge on any atom is -0.347 e. The maximum atomic E-state index is 10.8. The van der Waals surface area contributed by atoms with Crippen molar-refractivity contribution in [3.05, 3.63) is 35.9 Å². The summed E-state index contributed by atoms with van der Waals surface area (Å²) in [6.07, 6.45) is 0.563. The highest BCUT2D eigenvalue weighted by atomic mass is 16.7. The Morgan fingerprint density at radius 1 is 1.27 bits per heavy atom. The lowest BCUT2D eigenvalue weighted by atomic mass is 9.94. The van der Waals surface area contributed by atoms with Crippen molar-refractivity contribution in [3.8, 4) is 0 Å². The van der Waals surface area contributed by atoms with Gasteiger partial charge in [-0.3, -0.25) is 0 Å². The molecule has 2 rings (SSSR count). The van der Waals surface area contributed by atoms with E-state index >= 15 is 0 Å². The maximum absolute atomic E-state index is 10.8. The molecule has 80 valence electrons. The molecule has 0 amide bonds. The number of carbonyl (C=O) groups is 1. The highest BCUT2D eigenvalue weighted by Gasteiger charge is 2.32. The zero-order valence-electron chi connectivity index (χ0n) is 8.68. The molecule has 0 aromatic heterocycles. The van der Waals surface area contributed by atoms with Crippen LogP contribution in [-0.2, 0) is 14.3 Å². The predicted octanol–water partition coefficient (Wildman–Crippen LogP) is 1.94. The summed E-state index contributed by atoms with van der Waals surface area (Å²) < 4.78 is 11.0. The maximum Gasteiger partial charge on any atom is 0.183 e. The molecule has 0 saturated carbocycles. The molecule has 0 unspecified atom stereocenters. The minimum absolute atomic E-state index is 0.334. The third-order valence-electron chi connectivity index (χ3n) is 2.49. The molecule has 1 heterocycles. The fourth-order valence-electron chi connectivity index (χ4n) is 1.49. The average Bonchev–Trinajstić information content (AvgIpc) is 2.31. The summed E-state index contributed by atoms with van der Waals surface area (Å²) in [5, 5.41) is 0. The van der Waals surface area contributed by atoms with Crippen LogP contribution in [0, 0.1) is 5.41 Å². The Labute approximate surface area is 89.0 Å². The first kappa shape index (κ1) is 10.3. The van der Waals surface area contributed by atoms with Gasteiger partial charge < -0.3 is 14.3 Å². The number of hydrogen-bond acceptors (Lipinski definition) is 3. The quantitative estimate of drug-likeness (QED) is 0.694. The molecule has 0 spiro atoms. The van der Waals surface area contributed by atoms with E-state index in [-0.39, 0.29) is 6.29 Å². The van der Waals surface area contributed by atoms with E-state index in [1.54, 1.807) is 0 Å². The molecular formula is C12H14O3. The molecule has 3 heteroatoms. The van der Waals surface area contributed by atoms with Crippen molar-refractivity contribution in [2.75, 3.05) is 13.2 Å². The number of hydrogen-bond donors (Lipinski definition) is 0. The van der Waals surface area contributed by atoms with Crippen LogP contribution in [0.4, 0.5) is 0 Å². The SMILES string of the molecule is CC1(C=O)COC(c2ccccc2)OC1. The first-order chi connectivity index (χ1) is 7.23. The molecule has 0 bridgehead atoms. The third-order valence-corrected chi connectivity index (χ3v) is 2.49. The Kier molecular flexibility index (Phi) is 2.84. The van der Waals surface area contributed by atoms with E-state index in [2.05, 4.69) is 0 Å². The Morgan fingerprint density at radius 2 is 1.87 bits per heavy atom. The van der Waals surface area contributed by atoms with Crippen molar-refractivity contribution < 1.29 is 14.3 Å². The summed E-state index contributed by atoms with van der Waals surface area (Å²) >= 11 is 0. The Bertz CT molecular complexity index is 326. The molecule has 1 saturated heterocycles. The van der Waals surface area contributed by atoms with Crippen molar-refractivity contribution in [2.24, 2.45) is 5.41 Å². The van der Waals surface area contributed by atoms with E-state index in [1.165, 1.54) is 0 Å². The first-order valence-corrected chi connectivity index (χ1v) is 4.98. The van der Waals surface area contributed by atoms with Crippen LogP contribution < -0.4 is 0 Å². The Balaban J connectivity index is 2.03. The van der Waals surface area contributed by atoms with E-state index in [0.29, 0.717) is 13.2 Å². The summed E-state index contributed by atoms with van der Waals surface area (Å²) in [6.45, 7) is 2.66. The lowest BCUT2D eigenvalue weighted by Gasteiger charge is -2.33. The molecular weight excluding hydrogens is 192 g/mol. The summed E-state index contributed by atoms with van der Waals surface area (Å²) in [5.74, 6) is 0. The summed E-state index contributed by atoms with van der Waals surface area (Å²) in [6, 6.07) is 9.73. The van der Waals surface area contributed by atoms with E-state index < -0.39 is 5.41 Å². The first-order valence-electron chi connectivity index (χ1n) is 4.98. The number of ether oxygens (including phenoxy) is 2. The lowest BCUT2D eigenvalue weighted by molar-refractivity contribution is -0.223. The molecule has 1 aromatic rings. The van der Waals surface area contributed by atoms with Crippen molar-refractivity contribution >= 4 is 6.29 Å². The fraction of sp³-hybridized carbons (Fsp3) is 0.417. The van der Waals surface area contributed by atoms with Crippen molar-refractivity contribution in [1.82, 2.24) is 0 Å². The van der Waals surface area contributed by atoms with Crippen LogP contribution in [0.25, 0.3) is 0 Å². The summed E-state index contributed by atoms with van der Waals surface area (Å²) in [5.41, 5.74) is 0.496. The van der Waals surface area contributed by atoms with Crippen LogP contribution in [0.5, 0.6) is 0 Å². The van der Waals surface area contributed by atoms with Gasteiger partial charge in [0.2, 0.25) is 0 Å². The van der Waals surface area contributed by atoms with E-state index in [1.807, 2.05) is 37.3 Å². The zero-order valence-corrected chi connectivity index (χ0v) is 8.68. The van der Waals surface area contributed by atoms with E-state index in [4.69, 9.17) is 9.47 Å². The van der Waals surface area contributed by atoms with Crippen molar-refractivity contribution in [1.29, 1.82) is 0 Å². The van der Waals surface area contributed by atoms with Gasteiger partial charge in [-0.2, -0.15) is 0 Å². The second-order valence-corrected chi connectivity index (χ2v) is 4.14. The second kappa shape index (κ2) is 4.13. The van der Waals surface area contributed by atoms with E-state index in [0.717, 1.165) is 11.8 Å². The Hall–Kier alpha value is -1.19. The second-order valence-electron chi connectivity index (χ2n) is 4.14. The van der Waals surface area contributed by atoms with E-state index in [9.17, 15) is 4.79 Å². The molecule has 3 nitrogen and oxygen atoms in total. The highest BCUT2D eigenvalue weighted by molar-refractivity contribution is 5.59. The van der Waals surface area contributed by atoms with Gasteiger partial charge in [-0.25, -0.2) is 0 Å². The van der Waals surface area contributed by atoms with Gasteiger partial charge in [-0.15, -0.1) is 0 Å². The topological polar surface area (TPSA) is 35.5 Å². The van der Waals surface area contributed by atoms with Gasteiger partial charge in [-0.1, -0.05) is 30.3 Å². The number of benzene rings is 1. The summed E-state index contributed by atoms with van der Waals surface area (Å²) in [7, 11) is 0. The van der Waals surface area contributed by atoms with Crippen LogP contribution in [0.3, 0.4) is 0 Å².